The molecular formula is C83H129N17O19. The van der Waals surface area contributed by atoms with Crippen LogP contribution in [0.5, 0.6) is 0 Å². The second kappa shape index (κ2) is 40.9. The molecule has 0 aromatic heterocycles. The molecule has 36 nitrogen and oxygen atoms in total. The predicted molar refractivity (Wildman–Crippen MR) is 439 cm³/mol. The lowest BCUT2D eigenvalue weighted by atomic mass is 9.93. The Balaban J connectivity index is 1.18. The van der Waals surface area contributed by atoms with Gasteiger partial charge in [-0.3, -0.25) is 81.5 Å². The van der Waals surface area contributed by atoms with Gasteiger partial charge in [0.2, 0.25) is 100 Å². The molecule has 3 aliphatic heterocycles. The third-order valence-corrected chi connectivity index (χ3v) is 22.2. The van der Waals surface area contributed by atoms with E-state index in [1.165, 1.54) is 112 Å². The summed E-state index contributed by atoms with van der Waals surface area (Å²) < 4.78 is 0. The molecule has 16 N–H and O–H groups in total. The number of nitrogens with two attached hydrogens (primary N) is 1. The SMILES string of the molecule is CCC(C)(NC(=O)C(C)(C)NC(=O)C(C)(C)NC(=O)C(C)(C)NC(=O)C(Cc1ccccc1)NC(C)=O)C(=O)NCC(=O)NC(CC(C)C)C(=O)NC(C)(C)C(=O)NC(C)(C)C(=O)N1CC(O)CC1C(=O)NC(CCC(N)=O)C(=O)NC(C)(CC)C(=O)N1CCCC1C(=O)N(C)C(C)(C)C(=O)N1CCCC1C(=O)N[C@@H](CO)Cc1ccccc1. The Labute approximate surface area is 697 Å². The van der Waals surface area contributed by atoms with Crippen LogP contribution in [0.25, 0.3) is 0 Å². The maximum absolute atomic E-state index is 14.9. The maximum atomic E-state index is 14.9. The van der Waals surface area contributed by atoms with Gasteiger partial charge in [0.15, 0.2) is 0 Å². The van der Waals surface area contributed by atoms with Gasteiger partial charge in [0, 0.05) is 52.9 Å². The summed E-state index contributed by atoms with van der Waals surface area (Å²) in [5, 5.41) is 52.8. The molecule has 36 heteroatoms. The van der Waals surface area contributed by atoms with E-state index in [1.54, 1.807) is 71.9 Å². The van der Waals surface area contributed by atoms with Crippen LogP contribution in [0.3, 0.4) is 0 Å². The van der Waals surface area contributed by atoms with Crippen molar-refractivity contribution in [1.82, 2.24) is 83.4 Å². The number of carbonyl (C=O) groups is 17. The van der Waals surface area contributed by atoms with Crippen LogP contribution in [-0.4, -0.2) is 263 Å². The quantitative estimate of drug-likeness (QED) is 0.0383. The molecule has 0 radical (unpaired) electrons. The van der Waals surface area contributed by atoms with Gasteiger partial charge in [-0.2, -0.15) is 0 Å². The summed E-state index contributed by atoms with van der Waals surface area (Å²) in [6.45, 7) is 26.2. The molecule has 3 fully saturated rings. The fourth-order valence-corrected chi connectivity index (χ4v) is 14.1. The van der Waals surface area contributed by atoms with Gasteiger partial charge in [0.25, 0.3) is 0 Å². The summed E-state index contributed by atoms with van der Waals surface area (Å²) >= 11 is 0. The summed E-state index contributed by atoms with van der Waals surface area (Å²) in [6, 6.07) is 10.1. The number of aliphatic hydroxyl groups excluding tert-OH is 2. The van der Waals surface area contributed by atoms with Crippen LogP contribution in [0, 0.1) is 5.92 Å². The molecule has 3 heterocycles. The predicted octanol–water partition coefficient (Wildman–Crippen LogP) is -0.924. The van der Waals surface area contributed by atoms with E-state index in [9.17, 15) is 91.7 Å². The summed E-state index contributed by atoms with van der Waals surface area (Å²) in [6.07, 6.45) is -0.690. The summed E-state index contributed by atoms with van der Waals surface area (Å²) in [7, 11) is 1.44. The van der Waals surface area contributed by atoms with Crippen molar-refractivity contribution in [3.63, 3.8) is 0 Å². The molecule has 10 atom stereocenters. The van der Waals surface area contributed by atoms with E-state index in [0.717, 1.165) is 16.0 Å². The van der Waals surface area contributed by atoms with Crippen LogP contribution in [-0.2, 0) is 94.3 Å². The Morgan fingerprint density at radius 2 is 0.958 bits per heavy atom. The highest BCUT2D eigenvalue weighted by Crippen LogP contribution is 2.31. The van der Waals surface area contributed by atoms with Crippen molar-refractivity contribution in [3.8, 4) is 0 Å². The summed E-state index contributed by atoms with van der Waals surface area (Å²) in [5.74, 6) is -13.2. The molecule has 5 rings (SSSR count). The zero-order valence-corrected chi connectivity index (χ0v) is 72.7. The van der Waals surface area contributed by atoms with E-state index in [0.29, 0.717) is 25.7 Å². The van der Waals surface area contributed by atoms with E-state index in [2.05, 4.69) is 63.8 Å². The molecular weight excluding hydrogens is 1540 g/mol. The van der Waals surface area contributed by atoms with Crippen molar-refractivity contribution in [2.75, 3.05) is 39.8 Å². The van der Waals surface area contributed by atoms with Crippen molar-refractivity contribution in [2.45, 2.75) is 301 Å². The van der Waals surface area contributed by atoms with Gasteiger partial charge in [-0.1, -0.05) is 88.4 Å². The number of amides is 17. The number of hydrogen-bond acceptors (Lipinski definition) is 19. The van der Waals surface area contributed by atoms with Crippen molar-refractivity contribution in [1.29, 1.82) is 0 Å². The molecule has 2 aromatic carbocycles. The Morgan fingerprint density at radius 1 is 0.504 bits per heavy atom. The zero-order valence-electron chi connectivity index (χ0n) is 72.7. The zero-order chi connectivity index (χ0) is 90.1. The largest absolute Gasteiger partial charge is 0.394 e. The lowest BCUT2D eigenvalue weighted by molar-refractivity contribution is -0.157. The van der Waals surface area contributed by atoms with Gasteiger partial charge in [-0.25, -0.2) is 0 Å². The Bertz CT molecular complexity index is 4080. The average molecular weight is 1670 g/mol. The Morgan fingerprint density at radius 3 is 1.45 bits per heavy atom. The molecule has 0 bridgehead atoms. The number of likely N-dealkylation sites (N-methyl/N-ethyl adjacent to an activating group) is 1. The maximum Gasteiger partial charge on any atom is 0.248 e. The number of aliphatic hydroxyl groups is 2. The molecule has 119 heavy (non-hydrogen) atoms. The third kappa shape index (κ3) is 26.4. The second-order valence-corrected chi connectivity index (χ2v) is 35.4. The topological polar surface area (TPSA) is 514 Å². The number of β-amino-alcohol motifs (C(OH)–C–C–N with tert-alkyl or cyclic N) is 1. The van der Waals surface area contributed by atoms with Gasteiger partial charge < -0.3 is 99.3 Å². The van der Waals surface area contributed by atoms with Gasteiger partial charge in [-0.15, -0.1) is 0 Å². The van der Waals surface area contributed by atoms with E-state index < -0.39 is 219 Å². The van der Waals surface area contributed by atoms with Gasteiger partial charge in [0.1, 0.15) is 80.6 Å². The van der Waals surface area contributed by atoms with Crippen molar-refractivity contribution >= 4 is 100 Å². The summed E-state index contributed by atoms with van der Waals surface area (Å²) in [5.41, 5.74) is -6.64. The van der Waals surface area contributed by atoms with E-state index in [-0.39, 0.29) is 64.1 Å². The molecule has 17 amide bonds. The van der Waals surface area contributed by atoms with E-state index in [4.69, 9.17) is 5.73 Å². The lowest BCUT2D eigenvalue weighted by Gasteiger charge is -2.42. The molecule has 3 aliphatic rings. The Kier molecular flexibility index (Phi) is 34.0. The highest BCUT2D eigenvalue weighted by Gasteiger charge is 2.52. The van der Waals surface area contributed by atoms with Crippen LogP contribution in [0.4, 0.5) is 0 Å². The van der Waals surface area contributed by atoms with Crippen molar-refractivity contribution < 1.29 is 91.7 Å². The molecule has 0 saturated carbocycles. The number of likely N-dealkylation sites (tertiary alicyclic amines) is 3. The van der Waals surface area contributed by atoms with Crippen molar-refractivity contribution in [3.05, 3.63) is 71.8 Å². The average Bonchev–Trinajstić information content (AvgIpc) is 1.72. The molecule has 0 aliphatic carbocycles. The minimum absolute atomic E-state index is 0.0174. The number of rotatable bonds is 40. The molecule has 0 spiro atoms. The fraction of sp³-hybridized carbons (Fsp3) is 0.651. The number of carbonyl (C=O) groups excluding carboxylic acids is 17. The standard InChI is InChI=1S/C83H129N17O19/c1-21-82(18,96-71(115)79(12,13)94-70(114)78(10,11)93-68(112)76(6,7)91-64(108)56(86-49(5)102)43-51-33-27-24-28-34-51)72(116)85-45-61(105)88-55(41-48(3)4)63(107)90-77(8,9)69(113)95-80(14,15)73(117)100-46-53(103)44-59(100)66(110)89-54(37-38-60(84)104)62(106)92-83(19,22-2)75(119)99-40-30-36-58(99)67(111)97(20)81(16,17)74(118)98-39-29-35-57(98)65(109)87-52(47-101)42-50-31-25-23-26-32-50/h23-28,31-34,48,52-59,101,103H,21-22,29-30,35-47H2,1-20H3,(H2,84,104)(H,85,116)(H,86,102)(H,87,109)(H,88,105)(H,89,110)(H,90,107)(H,91,108)(H,92,106)(H,93,112)(H,94,114)(H,95,113)(H,96,115)/t52-,53?,54?,55?,56?,57?,58?,59?,82?,83?/m1/s1. The van der Waals surface area contributed by atoms with Gasteiger partial charge in [-0.05, 0) is 172 Å². The monoisotopic (exact) mass is 1670 g/mol. The van der Waals surface area contributed by atoms with Crippen molar-refractivity contribution in [2.24, 2.45) is 11.7 Å². The van der Waals surface area contributed by atoms with Crippen LogP contribution in [0.15, 0.2) is 60.7 Å². The van der Waals surface area contributed by atoms with E-state index in [1.807, 2.05) is 30.3 Å². The molecule has 2 aromatic rings. The fourth-order valence-electron chi connectivity index (χ4n) is 14.1. The van der Waals surface area contributed by atoms with Crippen LogP contribution < -0.4 is 69.5 Å². The minimum Gasteiger partial charge on any atom is -0.394 e. The lowest BCUT2D eigenvalue weighted by Crippen LogP contribution is -2.68. The van der Waals surface area contributed by atoms with Crippen LogP contribution in [0.2, 0.25) is 0 Å². The van der Waals surface area contributed by atoms with Crippen LogP contribution >= 0.6 is 0 Å². The highest BCUT2D eigenvalue weighted by molar-refractivity contribution is 6.04. The normalized spacial score (nSPS) is 18.5. The molecule has 660 valence electrons. The smallest absolute Gasteiger partial charge is 0.248 e. The number of hydrogen-bond donors (Lipinski definition) is 15. The third-order valence-electron chi connectivity index (χ3n) is 22.2. The molecule has 3 saturated heterocycles. The second-order valence-electron chi connectivity index (χ2n) is 35.4. The first-order valence-electron chi connectivity index (χ1n) is 40.6. The first-order valence-corrected chi connectivity index (χ1v) is 40.6. The Hall–Kier alpha value is -10.7. The number of primary amides is 1. The first kappa shape index (κ1) is 98.9. The number of benzene rings is 2. The minimum atomic E-state index is -1.89. The highest BCUT2D eigenvalue weighted by atomic mass is 16.3. The number of nitrogens with zero attached hydrogens (tertiary/aromatic N) is 4. The van der Waals surface area contributed by atoms with Gasteiger partial charge >= 0.3 is 0 Å². The van der Waals surface area contributed by atoms with Crippen LogP contribution in [0.1, 0.15) is 207 Å². The summed E-state index contributed by atoms with van der Waals surface area (Å²) in [4.78, 5) is 242. The van der Waals surface area contributed by atoms with E-state index >= 15 is 0 Å². The molecule has 9 unspecified atom stereocenters. The number of nitrogens with one attached hydrogen (secondary N) is 12. The first-order chi connectivity index (χ1) is 55.0. The van der Waals surface area contributed by atoms with Gasteiger partial charge in [0.05, 0.1) is 25.3 Å².